The number of pyridine rings is 1. The molecular weight excluding hydrogens is 316 g/mol. The molecule has 3 atom stereocenters. The summed E-state index contributed by atoms with van der Waals surface area (Å²) in [5.41, 5.74) is 6.63. The van der Waals surface area contributed by atoms with Crippen molar-refractivity contribution in [3.63, 3.8) is 0 Å². The second kappa shape index (κ2) is 7.15. The second-order valence-corrected chi connectivity index (χ2v) is 6.71. The average molecular weight is 338 g/mol. The van der Waals surface area contributed by atoms with Crippen molar-refractivity contribution in [3.05, 3.63) is 66.0 Å². The number of amides is 1. The lowest BCUT2D eigenvalue weighted by Crippen LogP contribution is -2.42. The van der Waals surface area contributed by atoms with E-state index in [0.717, 1.165) is 11.3 Å². The van der Waals surface area contributed by atoms with Crippen LogP contribution >= 0.6 is 0 Å². The number of carbonyl (C=O) groups excluding carboxylic acids is 2. The van der Waals surface area contributed by atoms with E-state index in [1.54, 1.807) is 13.1 Å². The molecule has 3 rings (SSSR count). The van der Waals surface area contributed by atoms with E-state index in [4.69, 9.17) is 10.5 Å². The van der Waals surface area contributed by atoms with Crippen LogP contribution in [-0.2, 0) is 27.2 Å². The molecule has 1 amide bonds. The van der Waals surface area contributed by atoms with Gasteiger partial charge in [0.15, 0.2) is 5.78 Å². The predicted molar refractivity (Wildman–Crippen MR) is 93.6 cm³/mol. The minimum absolute atomic E-state index is 0.0592. The minimum atomic E-state index is -0.794. The predicted octanol–water partition coefficient (Wildman–Crippen LogP) is 1.94. The third-order valence-electron chi connectivity index (χ3n) is 4.74. The highest BCUT2D eigenvalue weighted by atomic mass is 16.6. The molecule has 1 aromatic heterocycles. The number of nitrogens with two attached hydrogens (primary N) is 1. The summed E-state index contributed by atoms with van der Waals surface area (Å²) in [6.45, 7) is 2.17. The molecule has 1 fully saturated rings. The van der Waals surface area contributed by atoms with E-state index in [0.29, 0.717) is 19.4 Å². The zero-order chi connectivity index (χ0) is 17.9. The molecule has 2 N–H and O–H groups in total. The van der Waals surface area contributed by atoms with Gasteiger partial charge in [0.25, 0.3) is 0 Å². The van der Waals surface area contributed by atoms with Gasteiger partial charge in [-0.1, -0.05) is 36.4 Å². The molecule has 0 radical (unpaired) electrons. The lowest BCUT2D eigenvalue weighted by atomic mass is 9.77. The quantitative estimate of drug-likeness (QED) is 0.745. The number of Topliss-reactive ketones (excluding diaryl/α,β-unsaturated/α-hetero) is 1. The Morgan fingerprint density at radius 2 is 1.80 bits per heavy atom. The van der Waals surface area contributed by atoms with Crippen molar-refractivity contribution in [2.75, 3.05) is 6.61 Å². The maximum Gasteiger partial charge on any atom is 0.221 e. The molecule has 1 aliphatic rings. The summed E-state index contributed by atoms with van der Waals surface area (Å²) in [7, 11) is 0. The lowest BCUT2D eigenvalue weighted by molar-refractivity contribution is -0.134. The highest BCUT2D eigenvalue weighted by Crippen LogP contribution is 2.35. The first-order chi connectivity index (χ1) is 12.0. The number of hydrogen-bond acceptors (Lipinski definition) is 4. The Kier molecular flexibility index (Phi) is 4.95. The van der Waals surface area contributed by atoms with Crippen LogP contribution < -0.4 is 5.73 Å². The molecule has 2 aromatic rings. The van der Waals surface area contributed by atoms with E-state index in [1.807, 2.05) is 48.5 Å². The van der Waals surface area contributed by atoms with Gasteiger partial charge in [-0.05, 0) is 31.0 Å². The zero-order valence-corrected chi connectivity index (χ0v) is 14.2. The van der Waals surface area contributed by atoms with Gasteiger partial charge in [0.2, 0.25) is 5.91 Å². The van der Waals surface area contributed by atoms with Crippen LogP contribution in [0.4, 0.5) is 0 Å². The maximum absolute atomic E-state index is 13.0. The van der Waals surface area contributed by atoms with E-state index in [1.165, 1.54) is 0 Å². The Labute approximate surface area is 147 Å². The number of ether oxygens (including phenoxy) is 1. The van der Waals surface area contributed by atoms with Gasteiger partial charge in [0.1, 0.15) is 5.60 Å². The normalized spacial score (nSPS) is 21.3. The van der Waals surface area contributed by atoms with E-state index >= 15 is 0 Å². The van der Waals surface area contributed by atoms with Crippen molar-refractivity contribution in [1.29, 1.82) is 0 Å². The first-order valence-electron chi connectivity index (χ1n) is 8.41. The van der Waals surface area contributed by atoms with Gasteiger partial charge in [0.05, 0.1) is 12.5 Å². The molecule has 0 aliphatic carbocycles. The molecule has 1 saturated heterocycles. The van der Waals surface area contributed by atoms with Crippen LogP contribution in [-0.4, -0.2) is 28.9 Å². The second-order valence-electron chi connectivity index (χ2n) is 6.71. The molecule has 0 saturated carbocycles. The van der Waals surface area contributed by atoms with Crippen LogP contribution in [0, 0.1) is 11.8 Å². The van der Waals surface area contributed by atoms with E-state index in [-0.39, 0.29) is 5.78 Å². The van der Waals surface area contributed by atoms with Gasteiger partial charge in [-0.2, -0.15) is 0 Å². The summed E-state index contributed by atoms with van der Waals surface area (Å²) < 4.78 is 5.34. The number of ketones is 1. The van der Waals surface area contributed by atoms with Crippen LogP contribution in [0.3, 0.4) is 0 Å². The first kappa shape index (κ1) is 17.3. The van der Waals surface area contributed by atoms with Gasteiger partial charge in [-0.15, -0.1) is 0 Å². The van der Waals surface area contributed by atoms with Gasteiger partial charge in [-0.25, -0.2) is 0 Å². The average Bonchev–Trinajstić information content (AvgIpc) is 3.38. The minimum Gasteiger partial charge on any atom is -0.369 e. The summed E-state index contributed by atoms with van der Waals surface area (Å²) in [5, 5.41) is 0. The van der Waals surface area contributed by atoms with Crippen LogP contribution in [0.1, 0.15) is 18.2 Å². The van der Waals surface area contributed by atoms with Crippen LogP contribution in [0.2, 0.25) is 0 Å². The maximum atomic E-state index is 13.0. The largest absolute Gasteiger partial charge is 0.369 e. The first-order valence-corrected chi connectivity index (χ1v) is 8.41. The van der Waals surface area contributed by atoms with Crippen molar-refractivity contribution in [1.82, 2.24) is 4.98 Å². The van der Waals surface area contributed by atoms with Crippen molar-refractivity contribution < 1.29 is 14.3 Å². The van der Waals surface area contributed by atoms with Gasteiger partial charge >= 0.3 is 0 Å². The Morgan fingerprint density at radius 1 is 1.12 bits per heavy atom. The number of carbonyl (C=O) groups is 2. The lowest BCUT2D eigenvalue weighted by Gasteiger charge is -2.25. The summed E-state index contributed by atoms with van der Waals surface area (Å²) in [6.07, 6.45) is 2.47. The number of nitrogens with zero attached hydrogens (tertiary/aromatic N) is 1. The highest BCUT2D eigenvalue weighted by molar-refractivity contribution is 5.95. The standard InChI is InChI=1S/C20H22N2O3/c1-20(13-25-20)18(23)16(11-14-7-3-2-4-8-14)17(19(21)24)12-15-9-5-6-10-22-15/h2-10,16-17H,11-13H2,1H3,(H2,21,24)/t16-,17?,20-/m0/s1. The van der Waals surface area contributed by atoms with Gasteiger partial charge in [0, 0.05) is 24.2 Å². The van der Waals surface area contributed by atoms with E-state index in [2.05, 4.69) is 4.98 Å². The van der Waals surface area contributed by atoms with Gasteiger partial charge < -0.3 is 10.5 Å². The Balaban J connectivity index is 1.89. The Bertz CT molecular complexity index is 742. The van der Waals surface area contributed by atoms with Crippen LogP contribution in [0.5, 0.6) is 0 Å². The molecule has 2 heterocycles. The fourth-order valence-corrected chi connectivity index (χ4v) is 3.11. The van der Waals surface area contributed by atoms with Gasteiger partial charge in [-0.3, -0.25) is 14.6 Å². The zero-order valence-electron chi connectivity index (χ0n) is 14.2. The van der Waals surface area contributed by atoms with E-state index in [9.17, 15) is 9.59 Å². The number of epoxide rings is 1. The summed E-state index contributed by atoms with van der Waals surface area (Å²) in [5.74, 6) is -1.70. The number of primary amides is 1. The molecule has 1 aromatic carbocycles. The molecule has 1 aliphatic heterocycles. The SMILES string of the molecule is C[C@@]1(C(=O)[C@@H](Cc2ccccc2)C(Cc2ccccn2)C(N)=O)CO1. The third-order valence-corrected chi connectivity index (χ3v) is 4.74. The van der Waals surface area contributed by atoms with Crippen molar-refractivity contribution in [3.8, 4) is 0 Å². The van der Waals surface area contributed by atoms with Crippen LogP contribution in [0.25, 0.3) is 0 Å². The molecule has 5 heteroatoms. The molecule has 0 bridgehead atoms. The summed E-state index contributed by atoms with van der Waals surface area (Å²) in [4.78, 5) is 29.5. The number of aromatic nitrogens is 1. The van der Waals surface area contributed by atoms with Crippen molar-refractivity contribution >= 4 is 11.7 Å². The molecule has 1 unspecified atom stereocenters. The smallest absolute Gasteiger partial charge is 0.221 e. The van der Waals surface area contributed by atoms with Crippen molar-refractivity contribution in [2.45, 2.75) is 25.4 Å². The van der Waals surface area contributed by atoms with Crippen LogP contribution in [0.15, 0.2) is 54.7 Å². The molecule has 130 valence electrons. The van der Waals surface area contributed by atoms with E-state index < -0.39 is 23.3 Å². The molecule has 0 spiro atoms. The number of benzene rings is 1. The highest BCUT2D eigenvalue weighted by Gasteiger charge is 2.51. The third kappa shape index (κ3) is 4.12. The fraction of sp³-hybridized carbons (Fsp3) is 0.350. The molecular formula is C20H22N2O3. The Morgan fingerprint density at radius 3 is 2.36 bits per heavy atom. The number of rotatable bonds is 8. The van der Waals surface area contributed by atoms with Crippen molar-refractivity contribution in [2.24, 2.45) is 17.6 Å². The fourth-order valence-electron chi connectivity index (χ4n) is 3.11. The molecule has 25 heavy (non-hydrogen) atoms. The number of hydrogen-bond donors (Lipinski definition) is 1. The molecule has 5 nitrogen and oxygen atoms in total. The summed E-state index contributed by atoms with van der Waals surface area (Å²) in [6, 6.07) is 15.2. The Hall–Kier alpha value is -2.53. The monoisotopic (exact) mass is 338 g/mol. The topological polar surface area (TPSA) is 85.6 Å². The summed E-state index contributed by atoms with van der Waals surface area (Å²) >= 11 is 0.